The molecule has 0 aliphatic rings. The third kappa shape index (κ3) is 2.91. The second kappa shape index (κ2) is 5.91. The number of hydrogen-bond donors (Lipinski definition) is 2. The van der Waals surface area contributed by atoms with Gasteiger partial charge in [0.15, 0.2) is 5.78 Å². The average molecular weight is 310 g/mol. The lowest BCUT2D eigenvalue weighted by Crippen LogP contribution is -2.18. The van der Waals surface area contributed by atoms with E-state index in [-0.39, 0.29) is 0 Å². The van der Waals surface area contributed by atoms with Crippen LogP contribution in [0.15, 0.2) is 28.7 Å². The van der Waals surface area contributed by atoms with Crippen LogP contribution >= 0.6 is 23.5 Å². The summed E-state index contributed by atoms with van der Waals surface area (Å²) < 4.78 is 22.6. The van der Waals surface area contributed by atoms with Gasteiger partial charge in [-0.05, 0) is 17.7 Å². The molecule has 1 rings (SSSR count). The van der Waals surface area contributed by atoms with Crippen LogP contribution in [0.25, 0.3) is 0 Å². The summed E-state index contributed by atoms with van der Waals surface area (Å²) in [5, 5.41) is 9.05. The monoisotopic (exact) mass is 309 g/mol. The van der Waals surface area contributed by atoms with E-state index in [0.717, 1.165) is 4.47 Å². The molecule has 0 bridgehead atoms. The maximum atomic E-state index is 12.1. The summed E-state index contributed by atoms with van der Waals surface area (Å²) in [7, 11) is -0.862. The van der Waals surface area contributed by atoms with Crippen molar-refractivity contribution < 1.29 is 18.8 Å². The Morgan fingerprint density at radius 3 is 2.19 bits per heavy atom. The lowest BCUT2D eigenvalue weighted by atomic mass is 10.2. The van der Waals surface area contributed by atoms with E-state index in [1.54, 1.807) is 24.3 Å². The van der Waals surface area contributed by atoms with Gasteiger partial charge >= 0.3 is 7.60 Å². The summed E-state index contributed by atoms with van der Waals surface area (Å²) in [6.07, 6.45) is 0. The van der Waals surface area contributed by atoms with Crippen molar-refractivity contribution in [1.82, 2.24) is 5.48 Å². The molecule has 0 saturated heterocycles. The van der Waals surface area contributed by atoms with E-state index in [2.05, 4.69) is 15.9 Å². The van der Waals surface area contributed by atoms with Crippen molar-refractivity contribution in [3.63, 3.8) is 0 Å². The first-order chi connectivity index (χ1) is 7.57. The summed E-state index contributed by atoms with van der Waals surface area (Å²) >= 11 is 3.29. The summed E-state index contributed by atoms with van der Waals surface area (Å²) in [6.45, 7) is 0. The van der Waals surface area contributed by atoms with Crippen LogP contribution in [0.1, 0.15) is 11.3 Å². The van der Waals surface area contributed by atoms with Crippen LogP contribution in [0.2, 0.25) is 0 Å². The second-order valence-electron chi connectivity index (χ2n) is 2.99. The molecule has 2 N–H and O–H groups in total. The molecule has 16 heavy (non-hydrogen) atoms. The van der Waals surface area contributed by atoms with Crippen molar-refractivity contribution in [3.8, 4) is 0 Å². The minimum absolute atomic E-state index is 0.609. The number of hydroxylamine groups is 1. The first-order valence-electron chi connectivity index (χ1n) is 4.43. The van der Waals surface area contributed by atoms with Crippen LogP contribution in [0.5, 0.6) is 0 Å². The van der Waals surface area contributed by atoms with Gasteiger partial charge in [0.25, 0.3) is 0 Å². The molecule has 5 nitrogen and oxygen atoms in total. The van der Waals surface area contributed by atoms with Gasteiger partial charge in [0.2, 0.25) is 0 Å². The first kappa shape index (κ1) is 13.8. The lowest BCUT2D eigenvalue weighted by molar-refractivity contribution is 0.134. The smallest absolute Gasteiger partial charge is 0.316 e. The van der Waals surface area contributed by atoms with Crippen LogP contribution in [0.4, 0.5) is 0 Å². The molecule has 0 aliphatic carbocycles. The zero-order chi connectivity index (χ0) is 12.2. The quantitative estimate of drug-likeness (QED) is 0.646. The molecule has 7 heteroatoms. The van der Waals surface area contributed by atoms with Crippen LogP contribution in [-0.4, -0.2) is 19.4 Å². The van der Waals surface area contributed by atoms with Crippen LogP contribution in [0, 0.1) is 0 Å². The van der Waals surface area contributed by atoms with Gasteiger partial charge < -0.3 is 14.3 Å². The summed E-state index contributed by atoms with van der Waals surface area (Å²) in [5.41, 5.74) is 2.56. The third-order valence-corrected chi connectivity index (χ3v) is 4.73. The van der Waals surface area contributed by atoms with E-state index in [0.29, 0.717) is 5.56 Å². The van der Waals surface area contributed by atoms with E-state index < -0.39 is 13.4 Å². The molecule has 1 aromatic rings. The summed E-state index contributed by atoms with van der Waals surface area (Å²) in [6, 6.07) is 6.97. The van der Waals surface area contributed by atoms with Gasteiger partial charge in [-0.25, -0.2) is 0 Å². The Kier molecular flexibility index (Phi) is 5.11. The zero-order valence-corrected chi connectivity index (χ0v) is 11.4. The molecule has 1 atom stereocenters. The lowest BCUT2D eigenvalue weighted by Gasteiger charge is -2.23. The molecule has 1 aromatic carbocycles. The molecule has 0 fully saturated rings. The van der Waals surface area contributed by atoms with Gasteiger partial charge in [-0.1, -0.05) is 28.1 Å². The molecule has 90 valence electrons. The van der Waals surface area contributed by atoms with E-state index in [9.17, 15) is 4.57 Å². The van der Waals surface area contributed by atoms with Gasteiger partial charge in [0.1, 0.15) is 0 Å². The van der Waals surface area contributed by atoms with Gasteiger partial charge in [-0.2, -0.15) is 5.48 Å². The van der Waals surface area contributed by atoms with Crippen molar-refractivity contribution in [2.45, 2.75) is 5.78 Å². The fraction of sp³-hybridized carbons (Fsp3) is 0.333. The van der Waals surface area contributed by atoms with Crippen LogP contribution < -0.4 is 5.48 Å². The summed E-state index contributed by atoms with van der Waals surface area (Å²) in [4.78, 5) is 0. The highest BCUT2D eigenvalue weighted by Gasteiger charge is 2.35. The number of rotatable bonds is 5. The first-order valence-corrected chi connectivity index (χ1v) is 6.84. The Labute approximate surface area is 102 Å². The van der Waals surface area contributed by atoms with Crippen molar-refractivity contribution in [2.24, 2.45) is 0 Å². The van der Waals surface area contributed by atoms with Gasteiger partial charge in [-0.3, -0.25) is 4.57 Å². The Balaban J connectivity index is 3.07. The van der Waals surface area contributed by atoms with Crippen molar-refractivity contribution in [3.05, 3.63) is 34.3 Å². The van der Waals surface area contributed by atoms with Gasteiger partial charge in [0.05, 0.1) is 0 Å². The molecule has 0 amide bonds. The fourth-order valence-electron chi connectivity index (χ4n) is 1.26. The average Bonchev–Trinajstić information content (AvgIpc) is 2.32. The Bertz CT molecular complexity index is 376. The molecule has 1 unspecified atom stereocenters. The SMILES string of the molecule is COP(=O)(OC)C(NO)c1ccc(Br)cc1. The minimum Gasteiger partial charge on any atom is -0.316 e. The molecular formula is C9H13BrNO4P. The van der Waals surface area contributed by atoms with E-state index in [1.807, 2.05) is 5.48 Å². The highest BCUT2D eigenvalue weighted by molar-refractivity contribution is 9.10. The van der Waals surface area contributed by atoms with Crippen molar-refractivity contribution in [1.29, 1.82) is 0 Å². The Hall–Kier alpha value is -0.230. The van der Waals surface area contributed by atoms with Crippen molar-refractivity contribution >= 4 is 23.5 Å². The normalized spacial score (nSPS) is 13.8. The topological polar surface area (TPSA) is 67.8 Å². The predicted molar refractivity (Wildman–Crippen MR) is 63.4 cm³/mol. The molecule has 0 radical (unpaired) electrons. The molecule has 0 aromatic heterocycles. The maximum Gasteiger partial charge on any atom is 0.353 e. The largest absolute Gasteiger partial charge is 0.353 e. The Morgan fingerprint density at radius 2 is 1.81 bits per heavy atom. The predicted octanol–water partition coefficient (Wildman–Crippen LogP) is 2.91. The maximum absolute atomic E-state index is 12.1. The molecule has 0 saturated carbocycles. The number of nitrogens with one attached hydrogen (secondary N) is 1. The zero-order valence-electron chi connectivity index (χ0n) is 8.88. The molecule has 0 aliphatic heterocycles. The van der Waals surface area contributed by atoms with E-state index in [4.69, 9.17) is 14.3 Å². The standard InChI is InChI=1S/C9H13BrNO4P/c1-14-16(13,15-2)9(11-12)7-3-5-8(10)6-4-7/h3-6,9,11-12H,1-2H3. The van der Waals surface area contributed by atoms with Gasteiger partial charge in [-0.15, -0.1) is 0 Å². The summed E-state index contributed by atoms with van der Waals surface area (Å²) in [5.74, 6) is -0.907. The van der Waals surface area contributed by atoms with E-state index in [1.165, 1.54) is 14.2 Å². The number of hydrogen-bond acceptors (Lipinski definition) is 5. The molecule has 0 spiro atoms. The number of benzene rings is 1. The highest BCUT2D eigenvalue weighted by Crippen LogP contribution is 2.58. The second-order valence-corrected chi connectivity index (χ2v) is 6.23. The minimum atomic E-state index is -3.40. The van der Waals surface area contributed by atoms with Crippen molar-refractivity contribution in [2.75, 3.05) is 14.2 Å². The number of halogens is 1. The van der Waals surface area contributed by atoms with Crippen LogP contribution in [0.3, 0.4) is 0 Å². The Morgan fingerprint density at radius 1 is 1.31 bits per heavy atom. The van der Waals surface area contributed by atoms with Gasteiger partial charge in [0, 0.05) is 18.7 Å². The fourth-order valence-corrected chi connectivity index (χ4v) is 2.77. The highest BCUT2D eigenvalue weighted by atomic mass is 79.9. The van der Waals surface area contributed by atoms with Crippen LogP contribution in [-0.2, 0) is 13.6 Å². The molecule has 0 heterocycles. The molecular weight excluding hydrogens is 297 g/mol. The van der Waals surface area contributed by atoms with E-state index >= 15 is 0 Å². The third-order valence-electron chi connectivity index (χ3n) is 2.13.